The van der Waals surface area contributed by atoms with Crippen LogP contribution in [0, 0.1) is 11.8 Å². The second-order valence-corrected chi connectivity index (χ2v) is 14.2. The van der Waals surface area contributed by atoms with E-state index in [1.54, 1.807) is 6.08 Å². The van der Waals surface area contributed by atoms with E-state index < -0.39 is 6.10 Å². The first kappa shape index (κ1) is 37.1. The van der Waals surface area contributed by atoms with E-state index in [9.17, 15) is 24.3 Å². The van der Waals surface area contributed by atoms with E-state index in [2.05, 4.69) is 28.2 Å². The predicted octanol–water partition coefficient (Wildman–Crippen LogP) is 5.32. The van der Waals surface area contributed by atoms with Gasteiger partial charge in [0.2, 0.25) is 11.8 Å². The van der Waals surface area contributed by atoms with Crippen LogP contribution in [0.5, 0.6) is 0 Å². The number of thioether (sulfide) groups is 1. The third-order valence-electron chi connectivity index (χ3n) is 9.22. The molecule has 0 aromatic heterocycles. The van der Waals surface area contributed by atoms with Gasteiger partial charge in [0.25, 0.3) is 0 Å². The third-order valence-corrected chi connectivity index (χ3v) is 10.7. The molecule has 45 heavy (non-hydrogen) atoms. The topological polar surface area (TPSA) is 137 Å². The zero-order valence-electron chi connectivity index (χ0n) is 27.4. The lowest BCUT2D eigenvalue weighted by Gasteiger charge is -2.16. The molecule has 2 heterocycles. The van der Waals surface area contributed by atoms with Gasteiger partial charge in [-0.1, -0.05) is 70.1 Å². The number of carbonyl (C=O) groups excluding carboxylic acids is 4. The molecule has 9 nitrogen and oxygen atoms in total. The van der Waals surface area contributed by atoms with Crippen LogP contribution >= 0.6 is 11.8 Å². The van der Waals surface area contributed by atoms with Crippen molar-refractivity contribution < 1.29 is 24.3 Å². The van der Waals surface area contributed by atoms with E-state index in [1.807, 2.05) is 30.0 Å². The average molecular weight is 647 g/mol. The van der Waals surface area contributed by atoms with Gasteiger partial charge in [-0.25, -0.2) is 4.79 Å². The quantitative estimate of drug-likeness (QED) is 0.0547. The van der Waals surface area contributed by atoms with E-state index in [0.29, 0.717) is 31.2 Å². The number of aliphatic hydroxyl groups excluding tert-OH is 1. The van der Waals surface area contributed by atoms with Crippen molar-refractivity contribution in [2.45, 2.75) is 140 Å². The molecule has 0 aromatic rings. The van der Waals surface area contributed by atoms with Crippen molar-refractivity contribution in [3.8, 4) is 0 Å². The summed E-state index contributed by atoms with van der Waals surface area (Å²) < 4.78 is 0. The van der Waals surface area contributed by atoms with E-state index >= 15 is 0 Å². The summed E-state index contributed by atoms with van der Waals surface area (Å²) in [6, 6.07) is 0.429. The number of amides is 4. The number of hydrogen-bond acceptors (Lipinski definition) is 6. The van der Waals surface area contributed by atoms with Crippen LogP contribution in [0.1, 0.15) is 116 Å². The van der Waals surface area contributed by atoms with Crippen LogP contribution in [0.2, 0.25) is 0 Å². The number of allylic oxidation sites excluding steroid dienone is 3. The van der Waals surface area contributed by atoms with E-state index in [1.165, 1.54) is 0 Å². The minimum Gasteiger partial charge on any atom is -0.389 e. The summed E-state index contributed by atoms with van der Waals surface area (Å²) in [6.07, 6.45) is 22.6. The molecule has 4 amide bonds. The Labute approximate surface area is 275 Å². The number of rotatable bonds is 24. The molecular formula is C35H58N4O5S. The standard InChI is InChI=1S/C35H58N4O5S/c1-2-3-7-14-27(40)21-19-26-20-22-30(41)28(26)15-8-4-5-9-17-32(42)36-23-12-6-13-24-37-33(43)18-11-10-16-31-34-29(25-45-31)38-35(44)39-34/h19-22,26-29,31,34,40H,2-18,23-25H2,1H3,(H,36,42)(H,37,43)(H2,38,39,44)/b21-19+/t26-,27-,28+,29-,31+,34-/m0/s1. The first-order valence-corrected chi connectivity index (χ1v) is 18.7. The zero-order chi connectivity index (χ0) is 32.3. The molecule has 0 saturated carbocycles. The number of aliphatic hydroxyl groups is 1. The Morgan fingerprint density at radius 3 is 2.31 bits per heavy atom. The molecule has 0 unspecified atom stereocenters. The highest BCUT2D eigenvalue weighted by molar-refractivity contribution is 8.00. The van der Waals surface area contributed by atoms with Crippen molar-refractivity contribution in [2.24, 2.45) is 11.8 Å². The summed E-state index contributed by atoms with van der Waals surface area (Å²) in [4.78, 5) is 48.1. The van der Waals surface area contributed by atoms with Crippen LogP contribution in [-0.4, -0.2) is 71.0 Å². The summed E-state index contributed by atoms with van der Waals surface area (Å²) in [5.74, 6) is 1.43. The Balaban J connectivity index is 1.09. The maximum atomic E-state index is 12.3. The first-order valence-electron chi connectivity index (χ1n) is 17.7. The third kappa shape index (κ3) is 14.3. The Kier molecular flexibility index (Phi) is 17.7. The average Bonchev–Trinajstić information content (AvgIpc) is 3.69. The predicted molar refractivity (Wildman–Crippen MR) is 182 cm³/mol. The summed E-state index contributed by atoms with van der Waals surface area (Å²) in [7, 11) is 0. The van der Waals surface area contributed by atoms with Crippen LogP contribution < -0.4 is 21.3 Å². The van der Waals surface area contributed by atoms with Crippen molar-refractivity contribution >= 4 is 35.4 Å². The van der Waals surface area contributed by atoms with Crippen LogP contribution in [0.15, 0.2) is 24.3 Å². The molecule has 3 rings (SSSR count). The molecule has 254 valence electrons. The molecule has 5 N–H and O–H groups in total. The molecule has 0 aromatic carbocycles. The van der Waals surface area contributed by atoms with Crippen molar-refractivity contribution in [3.05, 3.63) is 24.3 Å². The summed E-state index contributed by atoms with van der Waals surface area (Å²) in [5.41, 5.74) is 0. The van der Waals surface area contributed by atoms with Gasteiger partial charge in [0.15, 0.2) is 5.78 Å². The second-order valence-electron chi connectivity index (χ2n) is 13.0. The summed E-state index contributed by atoms with van der Waals surface area (Å²) in [6.45, 7) is 3.49. The van der Waals surface area contributed by atoms with E-state index in [-0.39, 0.29) is 47.5 Å². The van der Waals surface area contributed by atoms with Gasteiger partial charge < -0.3 is 26.4 Å². The molecule has 0 radical (unpaired) electrons. The van der Waals surface area contributed by atoms with Gasteiger partial charge in [-0.3, -0.25) is 14.4 Å². The number of urea groups is 1. The fourth-order valence-corrected chi connectivity index (χ4v) is 8.02. The molecular weight excluding hydrogens is 588 g/mol. The van der Waals surface area contributed by atoms with Crippen LogP contribution in [0.25, 0.3) is 0 Å². The minimum atomic E-state index is -0.431. The molecule has 0 spiro atoms. The van der Waals surface area contributed by atoms with Gasteiger partial charge in [0, 0.05) is 48.8 Å². The number of unbranched alkanes of at least 4 members (excludes halogenated alkanes) is 8. The van der Waals surface area contributed by atoms with E-state index in [4.69, 9.17) is 0 Å². The number of carbonyl (C=O) groups is 4. The Hall–Kier alpha value is -2.33. The molecule has 6 atom stereocenters. The Morgan fingerprint density at radius 1 is 0.911 bits per heavy atom. The summed E-state index contributed by atoms with van der Waals surface area (Å²) >= 11 is 1.91. The number of nitrogens with one attached hydrogen (secondary N) is 4. The molecule has 10 heteroatoms. The molecule has 0 bridgehead atoms. The molecule has 3 aliphatic rings. The lowest BCUT2D eigenvalue weighted by atomic mass is 9.88. The second kappa shape index (κ2) is 21.5. The van der Waals surface area contributed by atoms with Crippen LogP contribution in [0.3, 0.4) is 0 Å². The Bertz CT molecular complexity index is 989. The summed E-state index contributed by atoms with van der Waals surface area (Å²) in [5, 5.41) is 22.6. The number of hydrogen-bond donors (Lipinski definition) is 5. The fourth-order valence-electron chi connectivity index (χ4n) is 6.48. The Morgan fingerprint density at radius 2 is 1.58 bits per heavy atom. The molecule has 1 aliphatic carbocycles. The van der Waals surface area contributed by atoms with Gasteiger partial charge in [0.1, 0.15) is 0 Å². The fraction of sp³-hybridized carbons (Fsp3) is 0.771. The van der Waals surface area contributed by atoms with Crippen LogP contribution in [0.4, 0.5) is 4.79 Å². The maximum absolute atomic E-state index is 12.3. The van der Waals surface area contributed by atoms with Crippen molar-refractivity contribution in [2.75, 3.05) is 18.8 Å². The highest BCUT2D eigenvalue weighted by Crippen LogP contribution is 2.33. The minimum absolute atomic E-state index is 0.0167. The molecule has 2 saturated heterocycles. The number of ketones is 1. The van der Waals surface area contributed by atoms with Gasteiger partial charge in [0.05, 0.1) is 18.2 Å². The largest absolute Gasteiger partial charge is 0.389 e. The van der Waals surface area contributed by atoms with Gasteiger partial charge >= 0.3 is 6.03 Å². The van der Waals surface area contributed by atoms with Crippen molar-refractivity contribution in [1.29, 1.82) is 0 Å². The zero-order valence-corrected chi connectivity index (χ0v) is 28.2. The highest BCUT2D eigenvalue weighted by atomic mass is 32.2. The lowest BCUT2D eigenvalue weighted by Crippen LogP contribution is -2.36. The van der Waals surface area contributed by atoms with Crippen LogP contribution in [-0.2, 0) is 14.4 Å². The van der Waals surface area contributed by atoms with Crippen molar-refractivity contribution in [1.82, 2.24) is 21.3 Å². The maximum Gasteiger partial charge on any atom is 0.315 e. The van der Waals surface area contributed by atoms with E-state index in [0.717, 1.165) is 102 Å². The molecule has 2 fully saturated rings. The van der Waals surface area contributed by atoms with Crippen molar-refractivity contribution in [3.63, 3.8) is 0 Å². The normalized spacial score (nSPS) is 24.5. The number of fused-ring (bicyclic) bond motifs is 1. The van der Waals surface area contributed by atoms with Gasteiger partial charge in [-0.15, -0.1) is 0 Å². The smallest absolute Gasteiger partial charge is 0.315 e. The lowest BCUT2D eigenvalue weighted by molar-refractivity contribution is -0.121. The monoisotopic (exact) mass is 646 g/mol. The SMILES string of the molecule is CCCCC[C@H](O)/C=C/[C@H]1C=CC(=O)[C@@H]1CCCCCCC(=O)NCCCCCNC(=O)CCCC[C@H]1SC[C@@H]2NC(=O)N[C@@H]21. The highest BCUT2D eigenvalue weighted by Gasteiger charge is 2.42. The van der Waals surface area contributed by atoms with Gasteiger partial charge in [-0.05, 0) is 57.4 Å². The first-order chi connectivity index (χ1) is 21.9. The van der Waals surface area contributed by atoms with Gasteiger partial charge in [-0.2, -0.15) is 11.8 Å². The molecule has 2 aliphatic heterocycles.